The van der Waals surface area contributed by atoms with Gasteiger partial charge in [-0.2, -0.15) is 0 Å². The van der Waals surface area contributed by atoms with Crippen molar-refractivity contribution in [1.82, 2.24) is 0 Å². The fraction of sp³-hybridized carbons (Fsp3) is 0.143. The van der Waals surface area contributed by atoms with E-state index in [0.29, 0.717) is 0 Å². The summed E-state index contributed by atoms with van der Waals surface area (Å²) in [6, 6.07) is 0. The first kappa shape index (κ1) is 12.6. The molecule has 0 atom stereocenters. The third-order valence-electron chi connectivity index (χ3n) is 2.13. The van der Waals surface area contributed by atoms with Gasteiger partial charge in [0.2, 0.25) is 0 Å². The smallest absolute Gasteiger partial charge is 0.122 e. The van der Waals surface area contributed by atoms with E-state index in [1.54, 1.807) is 0 Å². The van der Waals surface area contributed by atoms with Gasteiger partial charge in [-0.15, -0.1) is 16.1 Å². The van der Waals surface area contributed by atoms with Crippen LogP contribution in [0.4, 0.5) is 0 Å². The highest BCUT2D eigenvalue weighted by Gasteiger charge is 1.99. The van der Waals surface area contributed by atoms with Gasteiger partial charge < -0.3 is 0 Å². The molecule has 0 fully saturated rings. The summed E-state index contributed by atoms with van der Waals surface area (Å²) in [5.41, 5.74) is 2.79. The Hall–Kier alpha value is -0.390. The zero-order valence-corrected chi connectivity index (χ0v) is 10.1. The summed E-state index contributed by atoms with van der Waals surface area (Å²) in [5.74, 6) is 0. The molecule has 0 saturated heterocycles. The predicted octanol–water partition coefficient (Wildman–Crippen LogP) is -3.93. The molecule has 0 rings (SSSR count). The number of allylic oxidation sites excluding steroid dienone is 3. The Morgan fingerprint density at radius 2 is 1.31 bits per heavy atom. The number of rotatable bonds is 2. The summed E-state index contributed by atoms with van der Waals surface area (Å²) >= 11 is 0. The molecule has 0 aromatic rings. The molecule has 0 unspecified atom stereocenters. The lowest BCUT2D eigenvalue weighted by Gasteiger charge is -2.10. The van der Waals surface area contributed by atoms with Gasteiger partial charge in [0.25, 0.3) is 0 Å². The number of hydrogen-bond acceptors (Lipinski definition) is 0. The molecule has 0 spiro atoms. The molecule has 6 heteroatoms. The normalized spacial score (nSPS) is 8.69. The molecule has 0 amide bonds. The average Bonchev–Trinajstić information content (AvgIpc) is 1.97. The van der Waals surface area contributed by atoms with E-state index < -0.39 is 0 Å². The molecule has 0 aliphatic carbocycles. The Kier molecular flexibility index (Phi) is 5.20. The van der Waals surface area contributed by atoms with Crippen molar-refractivity contribution in [3.63, 3.8) is 0 Å². The van der Waals surface area contributed by atoms with Crippen LogP contribution in [0.1, 0.15) is 6.92 Å². The van der Waals surface area contributed by atoms with Crippen molar-refractivity contribution >= 4 is 47.1 Å². The van der Waals surface area contributed by atoms with Crippen molar-refractivity contribution < 1.29 is 0 Å². The second-order valence-corrected chi connectivity index (χ2v) is 4.26. The van der Waals surface area contributed by atoms with Gasteiger partial charge in [-0.05, 0) is 12.5 Å². The molecule has 0 aromatic heterocycles. The second kappa shape index (κ2) is 5.36. The van der Waals surface area contributed by atoms with E-state index >= 15 is 0 Å². The maximum atomic E-state index is 2.26. The van der Waals surface area contributed by atoms with Crippen molar-refractivity contribution in [2.75, 3.05) is 0 Å². The van der Waals surface area contributed by atoms with Crippen LogP contribution in [0.25, 0.3) is 0 Å². The highest BCUT2D eigenvalue weighted by atomic mass is 14.0. The second-order valence-electron chi connectivity index (χ2n) is 4.26. The summed E-state index contributed by atoms with van der Waals surface area (Å²) in [5, 5.41) is 4.14. The molecule has 0 heterocycles. The highest BCUT2D eigenvalue weighted by Crippen LogP contribution is 2.15. The first-order valence-corrected chi connectivity index (χ1v) is 4.83. The minimum atomic E-state index is 1.36. The zero-order valence-electron chi connectivity index (χ0n) is 10.1. The van der Waals surface area contributed by atoms with Crippen LogP contribution in [0.15, 0.2) is 33.3 Å². The quantitative estimate of drug-likeness (QED) is 0.289. The van der Waals surface area contributed by atoms with Crippen LogP contribution in [0, 0.1) is 0 Å². The first-order valence-electron chi connectivity index (χ1n) is 4.83. The molecule has 0 saturated carbocycles. The number of hydrogen-bond donors (Lipinski definition) is 0. The van der Waals surface area contributed by atoms with E-state index in [-0.39, 0.29) is 0 Å². The van der Waals surface area contributed by atoms with Crippen LogP contribution >= 0.6 is 0 Å². The van der Waals surface area contributed by atoms with Gasteiger partial charge in [0.05, 0.1) is 0 Å². The van der Waals surface area contributed by atoms with E-state index in [2.05, 4.69) is 60.1 Å². The van der Waals surface area contributed by atoms with Crippen molar-refractivity contribution in [2.45, 2.75) is 6.92 Å². The fourth-order valence-electron chi connectivity index (χ4n) is 1.19. The molecule has 0 aromatic carbocycles. The largest absolute Gasteiger partial charge is 0.145 e. The molecule has 0 N–H and O–H groups in total. The van der Waals surface area contributed by atoms with Crippen LogP contribution in [-0.2, 0) is 0 Å². The summed E-state index contributed by atoms with van der Waals surface area (Å²) in [7, 11) is 12.9. The van der Waals surface area contributed by atoms with E-state index in [1.807, 2.05) is 0 Å². The Balaban J connectivity index is 5.23. The summed E-state index contributed by atoms with van der Waals surface area (Å²) in [6.07, 6.45) is 2.26. The van der Waals surface area contributed by atoms with Crippen LogP contribution in [0.3, 0.4) is 0 Å². The minimum Gasteiger partial charge on any atom is -0.145 e. The summed E-state index contributed by atoms with van der Waals surface area (Å²) in [6.45, 7) is 2.19. The molecule has 0 radical (unpaired) electrons. The van der Waals surface area contributed by atoms with Crippen molar-refractivity contribution in [1.29, 1.82) is 0 Å². The maximum absolute atomic E-state index is 2.26. The monoisotopic (exact) mass is 166 g/mol. The Labute approximate surface area is 87.8 Å². The van der Waals surface area contributed by atoms with Crippen LogP contribution in [0.5, 0.6) is 0 Å². The lowest BCUT2D eigenvalue weighted by atomic mass is 9.66. The minimum absolute atomic E-state index is 1.36. The molecule has 0 nitrogen and oxygen atoms in total. The standard InChI is InChI=1S/C7H16B6/c1-3(6(10)11)4(7(12)13)2-5(8)9/h2H,8-13H2,1H3. The van der Waals surface area contributed by atoms with Crippen LogP contribution in [-0.4, -0.2) is 47.1 Å². The van der Waals surface area contributed by atoms with Gasteiger partial charge >= 0.3 is 0 Å². The van der Waals surface area contributed by atoms with Crippen molar-refractivity contribution in [2.24, 2.45) is 0 Å². The third kappa shape index (κ3) is 4.40. The van der Waals surface area contributed by atoms with Gasteiger partial charge in [0.15, 0.2) is 0 Å². The van der Waals surface area contributed by atoms with Gasteiger partial charge in [-0.3, -0.25) is 0 Å². The van der Waals surface area contributed by atoms with E-state index in [0.717, 1.165) is 0 Å². The average molecular weight is 165 g/mol. The maximum Gasteiger partial charge on any atom is 0.122 e. The predicted molar refractivity (Wildman–Crippen MR) is 79.1 cm³/mol. The summed E-state index contributed by atoms with van der Waals surface area (Å²) in [4.78, 5) is 0. The van der Waals surface area contributed by atoms with E-state index in [1.165, 1.54) is 27.3 Å². The Morgan fingerprint density at radius 1 is 0.846 bits per heavy atom. The van der Waals surface area contributed by atoms with Gasteiger partial charge in [-0.25, -0.2) is 0 Å². The Morgan fingerprint density at radius 3 is 1.54 bits per heavy atom. The molecule has 0 aliphatic heterocycles. The van der Waals surface area contributed by atoms with Gasteiger partial charge in [0, 0.05) is 0 Å². The SMILES string of the molecule is BC(B)=CC(=C(B)B)C(C)=C(B)B. The van der Waals surface area contributed by atoms with E-state index in [9.17, 15) is 0 Å². The zero-order chi connectivity index (χ0) is 10.6. The van der Waals surface area contributed by atoms with Gasteiger partial charge in [0.1, 0.15) is 47.1 Å². The summed E-state index contributed by atoms with van der Waals surface area (Å²) < 4.78 is 0. The van der Waals surface area contributed by atoms with E-state index in [4.69, 9.17) is 0 Å². The molecule has 0 aliphatic rings. The third-order valence-corrected chi connectivity index (χ3v) is 2.13. The molecular formula is C7H16B6. The first-order chi connectivity index (χ1) is 5.86. The van der Waals surface area contributed by atoms with Crippen LogP contribution in [0.2, 0.25) is 0 Å². The van der Waals surface area contributed by atoms with Crippen molar-refractivity contribution in [3.8, 4) is 0 Å². The molecule has 0 bridgehead atoms. The lowest BCUT2D eigenvalue weighted by molar-refractivity contribution is 1.44. The van der Waals surface area contributed by atoms with Crippen LogP contribution < -0.4 is 0 Å². The van der Waals surface area contributed by atoms with Crippen molar-refractivity contribution in [3.05, 3.63) is 33.3 Å². The molecule has 13 heavy (non-hydrogen) atoms. The Bertz CT molecular complexity index is 273. The molecular weight excluding hydrogens is 149 g/mol. The molecule has 62 valence electrons. The van der Waals surface area contributed by atoms with Gasteiger partial charge in [-0.1, -0.05) is 11.6 Å². The topological polar surface area (TPSA) is 0 Å². The highest BCUT2D eigenvalue weighted by molar-refractivity contribution is 6.51. The lowest BCUT2D eigenvalue weighted by Crippen LogP contribution is -1.97. The fourth-order valence-corrected chi connectivity index (χ4v) is 1.19.